The van der Waals surface area contributed by atoms with Crippen molar-refractivity contribution in [3.63, 3.8) is 0 Å². The van der Waals surface area contributed by atoms with Crippen molar-refractivity contribution in [3.05, 3.63) is 83.9 Å². The second-order valence-corrected chi connectivity index (χ2v) is 13.4. The number of sulfonamides is 1. The highest BCUT2D eigenvalue weighted by Gasteiger charge is 2.39. The molecule has 0 aliphatic carbocycles. The van der Waals surface area contributed by atoms with E-state index >= 15 is 0 Å². The molecule has 244 valence electrons. The molecule has 0 spiro atoms. The summed E-state index contributed by atoms with van der Waals surface area (Å²) in [4.78, 5) is 39.0. The zero-order valence-corrected chi connectivity index (χ0v) is 26.2. The molecule has 46 heavy (non-hydrogen) atoms. The van der Waals surface area contributed by atoms with Gasteiger partial charge in [-0.15, -0.1) is 0 Å². The van der Waals surface area contributed by atoms with Crippen molar-refractivity contribution in [3.8, 4) is 11.5 Å². The SMILES string of the molecule is CC(C)CN(CC(O)C(Cc1ccccc1)NC(=O)[C@@H]1CN(c2cccc(C(N)=O)c2)C(=O)O1)S(=O)(=O)c1ccc2c(c1)OCO2. The van der Waals surface area contributed by atoms with Gasteiger partial charge in [-0.05, 0) is 48.2 Å². The summed E-state index contributed by atoms with van der Waals surface area (Å²) in [6.07, 6.45) is -3.22. The first kappa shape index (κ1) is 32.7. The zero-order valence-electron chi connectivity index (χ0n) is 25.4. The standard InChI is InChI=1S/C32H36N4O9S/c1-20(2)16-35(46(41,42)24-11-12-27-28(15-24)44-19-43-27)17-26(37)25(13-21-7-4-3-5-8-21)34-31(39)29-18-36(32(40)45-29)23-10-6-9-22(14-23)30(33)38/h3-12,14-15,20,25-26,29,37H,13,16-19H2,1-2H3,(H2,33,38)(H,34,39)/t25?,26?,29-/m0/s1. The summed E-state index contributed by atoms with van der Waals surface area (Å²) >= 11 is 0. The molecule has 4 N–H and O–H groups in total. The Bertz CT molecular complexity index is 1700. The van der Waals surface area contributed by atoms with E-state index in [1.807, 2.05) is 44.2 Å². The summed E-state index contributed by atoms with van der Waals surface area (Å²) in [6.45, 7) is 3.32. The van der Waals surface area contributed by atoms with Gasteiger partial charge in [-0.25, -0.2) is 13.2 Å². The maximum Gasteiger partial charge on any atom is 0.415 e. The molecular weight excluding hydrogens is 616 g/mol. The molecule has 2 heterocycles. The van der Waals surface area contributed by atoms with Crippen LogP contribution in [0.5, 0.6) is 11.5 Å². The van der Waals surface area contributed by atoms with Crippen LogP contribution in [0.4, 0.5) is 10.5 Å². The topological polar surface area (TPSA) is 178 Å². The van der Waals surface area contributed by atoms with Gasteiger partial charge in [0.05, 0.1) is 23.6 Å². The minimum Gasteiger partial charge on any atom is -0.454 e. The van der Waals surface area contributed by atoms with Crippen LogP contribution in [0, 0.1) is 5.92 Å². The molecule has 1 saturated heterocycles. The Balaban J connectivity index is 1.35. The molecule has 3 aromatic rings. The van der Waals surface area contributed by atoms with E-state index in [2.05, 4.69) is 5.32 Å². The second kappa shape index (κ2) is 13.8. The lowest BCUT2D eigenvalue weighted by Gasteiger charge is -2.31. The number of fused-ring (bicyclic) bond motifs is 1. The molecule has 0 bridgehead atoms. The van der Waals surface area contributed by atoms with Crippen LogP contribution in [-0.2, 0) is 26.0 Å². The van der Waals surface area contributed by atoms with Gasteiger partial charge in [-0.2, -0.15) is 4.31 Å². The molecule has 3 atom stereocenters. The van der Waals surface area contributed by atoms with E-state index in [1.165, 1.54) is 39.5 Å². The summed E-state index contributed by atoms with van der Waals surface area (Å²) in [5.74, 6) is -0.687. The number of anilines is 1. The Morgan fingerprint density at radius 3 is 2.48 bits per heavy atom. The van der Waals surface area contributed by atoms with Gasteiger partial charge in [0.25, 0.3) is 5.91 Å². The first-order valence-corrected chi connectivity index (χ1v) is 16.2. The van der Waals surface area contributed by atoms with Gasteiger partial charge in [0.1, 0.15) is 0 Å². The average molecular weight is 653 g/mol. The van der Waals surface area contributed by atoms with Gasteiger partial charge in [0.2, 0.25) is 22.7 Å². The number of nitrogens with zero attached hydrogens (tertiary/aromatic N) is 2. The number of rotatable bonds is 13. The van der Waals surface area contributed by atoms with Crippen molar-refractivity contribution in [2.45, 2.75) is 43.4 Å². The third-order valence-corrected chi connectivity index (χ3v) is 9.41. The summed E-state index contributed by atoms with van der Waals surface area (Å²) in [5.41, 5.74) is 6.67. The number of nitrogens with two attached hydrogens (primary N) is 1. The molecule has 0 saturated carbocycles. The van der Waals surface area contributed by atoms with E-state index in [9.17, 15) is 27.9 Å². The van der Waals surface area contributed by atoms with Gasteiger partial charge in [0.15, 0.2) is 17.6 Å². The van der Waals surface area contributed by atoms with Gasteiger partial charge < -0.3 is 30.4 Å². The number of ether oxygens (including phenoxy) is 3. The number of aliphatic hydroxyl groups excluding tert-OH is 1. The van der Waals surface area contributed by atoms with Crippen LogP contribution in [0.2, 0.25) is 0 Å². The van der Waals surface area contributed by atoms with E-state index < -0.39 is 46.2 Å². The lowest BCUT2D eigenvalue weighted by Crippen LogP contribution is -2.53. The number of carbonyl (C=O) groups excluding carboxylic acids is 3. The number of hydrogen-bond donors (Lipinski definition) is 3. The third kappa shape index (κ3) is 7.41. The first-order chi connectivity index (χ1) is 21.9. The van der Waals surface area contributed by atoms with E-state index in [0.717, 1.165) is 5.56 Å². The maximum atomic E-state index is 13.8. The smallest absolute Gasteiger partial charge is 0.415 e. The lowest BCUT2D eigenvalue weighted by molar-refractivity contribution is -0.129. The Morgan fingerprint density at radius 1 is 1.02 bits per heavy atom. The van der Waals surface area contributed by atoms with Crippen LogP contribution in [0.25, 0.3) is 0 Å². The van der Waals surface area contributed by atoms with Crippen molar-refractivity contribution in [2.24, 2.45) is 11.7 Å². The van der Waals surface area contributed by atoms with Gasteiger partial charge in [-0.1, -0.05) is 50.2 Å². The Kier molecular flexibility index (Phi) is 9.79. The monoisotopic (exact) mass is 652 g/mol. The minimum atomic E-state index is -4.10. The van der Waals surface area contributed by atoms with Crippen molar-refractivity contribution in [1.29, 1.82) is 0 Å². The highest BCUT2D eigenvalue weighted by molar-refractivity contribution is 7.89. The molecule has 3 aromatic carbocycles. The summed E-state index contributed by atoms with van der Waals surface area (Å²) in [7, 11) is -4.10. The summed E-state index contributed by atoms with van der Waals surface area (Å²) in [5, 5.41) is 14.3. The Labute approximate surface area is 266 Å². The van der Waals surface area contributed by atoms with E-state index in [1.54, 1.807) is 12.1 Å². The number of cyclic esters (lactones) is 1. The predicted octanol–water partition coefficient (Wildman–Crippen LogP) is 2.27. The summed E-state index contributed by atoms with van der Waals surface area (Å²) < 4.78 is 44.9. The number of carbonyl (C=O) groups is 3. The van der Waals surface area contributed by atoms with Crippen LogP contribution in [0.3, 0.4) is 0 Å². The molecule has 0 aromatic heterocycles. The molecule has 0 radical (unpaired) electrons. The Morgan fingerprint density at radius 2 is 1.76 bits per heavy atom. The number of primary amides is 1. The number of aliphatic hydroxyl groups is 1. The molecule has 2 aliphatic rings. The van der Waals surface area contributed by atoms with E-state index in [4.69, 9.17) is 19.9 Å². The van der Waals surface area contributed by atoms with Crippen molar-refractivity contribution in [1.82, 2.24) is 9.62 Å². The molecule has 1 fully saturated rings. The number of nitrogens with one attached hydrogen (secondary N) is 1. The van der Waals surface area contributed by atoms with Gasteiger partial charge in [0, 0.05) is 30.4 Å². The second-order valence-electron chi connectivity index (χ2n) is 11.5. The van der Waals surface area contributed by atoms with Gasteiger partial charge in [-0.3, -0.25) is 14.5 Å². The van der Waals surface area contributed by atoms with Crippen molar-refractivity contribution >= 4 is 33.6 Å². The fourth-order valence-corrected chi connectivity index (χ4v) is 6.90. The molecule has 14 heteroatoms. The highest BCUT2D eigenvalue weighted by atomic mass is 32.2. The molecule has 2 aliphatic heterocycles. The van der Waals surface area contributed by atoms with Crippen LogP contribution >= 0.6 is 0 Å². The van der Waals surface area contributed by atoms with Crippen LogP contribution < -0.4 is 25.4 Å². The molecule has 13 nitrogen and oxygen atoms in total. The fourth-order valence-electron chi connectivity index (χ4n) is 5.26. The third-order valence-electron chi connectivity index (χ3n) is 7.58. The first-order valence-electron chi connectivity index (χ1n) is 14.7. The maximum absolute atomic E-state index is 13.8. The van der Waals surface area contributed by atoms with Crippen LogP contribution in [-0.4, -0.2) is 80.4 Å². The normalized spacial score (nSPS) is 17.2. The largest absolute Gasteiger partial charge is 0.454 e. The van der Waals surface area contributed by atoms with Crippen LogP contribution in [0.1, 0.15) is 29.8 Å². The molecular formula is C32H36N4O9S. The lowest BCUT2D eigenvalue weighted by atomic mass is 10.0. The average Bonchev–Trinajstić information content (AvgIpc) is 3.67. The van der Waals surface area contributed by atoms with E-state index in [0.29, 0.717) is 17.2 Å². The van der Waals surface area contributed by atoms with E-state index in [-0.39, 0.29) is 49.2 Å². The van der Waals surface area contributed by atoms with Crippen molar-refractivity contribution in [2.75, 3.05) is 31.3 Å². The number of hydrogen-bond acceptors (Lipinski definition) is 9. The Hall–Kier alpha value is -4.66. The van der Waals surface area contributed by atoms with Crippen LogP contribution in [0.15, 0.2) is 77.7 Å². The quantitative estimate of drug-likeness (QED) is 0.250. The molecule has 2 unspecified atom stereocenters. The summed E-state index contributed by atoms with van der Waals surface area (Å²) in [6, 6.07) is 18.5. The fraction of sp³-hybridized carbons (Fsp3) is 0.344. The van der Waals surface area contributed by atoms with Crippen molar-refractivity contribution < 1.29 is 42.1 Å². The minimum absolute atomic E-state index is 0.0120. The molecule has 3 amide bonds. The van der Waals surface area contributed by atoms with Gasteiger partial charge >= 0.3 is 6.09 Å². The zero-order chi connectivity index (χ0) is 33.0. The number of amides is 3. The number of benzene rings is 3. The molecule has 5 rings (SSSR count). The highest BCUT2D eigenvalue weighted by Crippen LogP contribution is 2.35. The predicted molar refractivity (Wildman–Crippen MR) is 167 cm³/mol.